The van der Waals surface area contributed by atoms with Crippen LogP contribution in [0.1, 0.15) is 47.1 Å². The van der Waals surface area contributed by atoms with Crippen LogP contribution in [0.4, 0.5) is 8.78 Å². The smallest absolute Gasteiger partial charge is 0.310 e. The van der Waals surface area contributed by atoms with E-state index in [1.54, 1.807) is 0 Å². The molecular weight excluding hydrogens is 330 g/mol. The molecule has 0 aliphatic rings. The van der Waals surface area contributed by atoms with E-state index >= 15 is 0 Å². The highest BCUT2D eigenvalue weighted by Gasteiger charge is 2.47. The molecule has 0 fully saturated rings. The average Bonchev–Trinajstić information content (AvgIpc) is 2.47. The normalized spacial score (nSPS) is 12.2. The van der Waals surface area contributed by atoms with E-state index in [-0.39, 0.29) is 11.3 Å². The summed E-state index contributed by atoms with van der Waals surface area (Å²) in [5.74, 6) is -2.05. The van der Waals surface area contributed by atoms with Gasteiger partial charge in [0.05, 0.1) is 13.5 Å². The summed E-state index contributed by atoms with van der Waals surface area (Å²) in [7, 11) is -1.11. The van der Waals surface area contributed by atoms with Gasteiger partial charge in [0.2, 0.25) is 0 Å². The number of methoxy groups -OCH3 is 1. The number of hydrogen-bond acceptors (Lipinski definition) is 3. The molecule has 0 bridgehead atoms. The van der Waals surface area contributed by atoms with Crippen LogP contribution in [0, 0.1) is 11.6 Å². The SMILES string of the molecule is COC(=O)Cc1c(F)cc(O[Si](C(C)C)(C(C)C)C(C)C)cc1F. The second-order valence-electron chi connectivity index (χ2n) is 7.04. The molecule has 0 saturated heterocycles. The van der Waals surface area contributed by atoms with E-state index in [1.807, 2.05) is 0 Å². The lowest BCUT2D eigenvalue weighted by atomic mass is 10.1. The standard InChI is InChI=1S/C18H28F2O3Si/c1-11(2)24(12(3)4,13(5)6)23-14-8-16(19)15(17(20)9-14)10-18(21)22-7/h8-9,11-13H,10H2,1-7H3. The molecular formula is C18H28F2O3Si. The number of ether oxygens (including phenoxy) is 1. The van der Waals surface area contributed by atoms with Crippen molar-refractivity contribution < 1.29 is 22.7 Å². The second-order valence-corrected chi connectivity index (χ2v) is 12.4. The van der Waals surface area contributed by atoms with Crippen molar-refractivity contribution in [3.8, 4) is 5.75 Å². The zero-order valence-electron chi connectivity index (χ0n) is 15.6. The Kier molecular flexibility index (Phi) is 6.95. The highest BCUT2D eigenvalue weighted by atomic mass is 28.4. The van der Waals surface area contributed by atoms with Gasteiger partial charge in [0.15, 0.2) is 0 Å². The molecule has 0 N–H and O–H groups in total. The molecule has 0 heterocycles. The first-order chi connectivity index (χ1) is 11.1. The Balaban J connectivity index is 3.25. The fraction of sp³-hybridized carbons (Fsp3) is 0.611. The van der Waals surface area contributed by atoms with Gasteiger partial charge in [0.1, 0.15) is 17.4 Å². The fourth-order valence-electron chi connectivity index (χ4n) is 3.58. The molecule has 24 heavy (non-hydrogen) atoms. The number of rotatable bonds is 7. The number of hydrogen-bond donors (Lipinski definition) is 0. The molecule has 1 aromatic carbocycles. The lowest BCUT2D eigenvalue weighted by Gasteiger charge is -2.42. The molecule has 0 radical (unpaired) electrons. The van der Waals surface area contributed by atoms with Gasteiger partial charge >= 0.3 is 5.97 Å². The first-order valence-corrected chi connectivity index (χ1v) is 10.4. The quantitative estimate of drug-likeness (QED) is 0.494. The monoisotopic (exact) mass is 358 g/mol. The Labute approximate surface area is 144 Å². The van der Waals surface area contributed by atoms with E-state index < -0.39 is 32.3 Å². The molecule has 0 atom stereocenters. The van der Waals surface area contributed by atoms with Crippen LogP contribution < -0.4 is 4.43 Å². The van der Waals surface area contributed by atoms with Crippen molar-refractivity contribution in [2.45, 2.75) is 64.6 Å². The molecule has 0 unspecified atom stereocenters. The van der Waals surface area contributed by atoms with Gasteiger partial charge in [0.25, 0.3) is 8.32 Å². The summed E-state index contributed by atoms with van der Waals surface area (Å²) < 4.78 is 39.3. The van der Waals surface area contributed by atoms with Crippen molar-refractivity contribution in [1.82, 2.24) is 0 Å². The van der Waals surface area contributed by atoms with Crippen molar-refractivity contribution in [2.75, 3.05) is 7.11 Å². The Morgan fingerprint density at radius 2 is 1.42 bits per heavy atom. The van der Waals surface area contributed by atoms with Gasteiger partial charge in [-0.1, -0.05) is 41.5 Å². The summed E-state index contributed by atoms with van der Waals surface area (Å²) in [4.78, 5) is 11.3. The largest absolute Gasteiger partial charge is 0.543 e. The van der Waals surface area contributed by atoms with Crippen LogP contribution in [-0.4, -0.2) is 21.4 Å². The number of carbonyl (C=O) groups is 1. The maximum atomic E-state index is 14.3. The van der Waals surface area contributed by atoms with Crippen molar-refractivity contribution in [3.63, 3.8) is 0 Å². The minimum Gasteiger partial charge on any atom is -0.543 e. The summed E-state index contributed by atoms with van der Waals surface area (Å²) in [6.45, 7) is 12.6. The molecule has 136 valence electrons. The number of esters is 1. The lowest BCUT2D eigenvalue weighted by molar-refractivity contribution is -0.139. The van der Waals surface area contributed by atoms with Gasteiger partial charge in [0, 0.05) is 17.7 Å². The summed E-state index contributed by atoms with van der Waals surface area (Å²) in [6, 6.07) is 2.35. The van der Waals surface area contributed by atoms with Crippen molar-refractivity contribution in [2.24, 2.45) is 0 Å². The van der Waals surface area contributed by atoms with Crippen molar-refractivity contribution in [1.29, 1.82) is 0 Å². The van der Waals surface area contributed by atoms with Crippen molar-refractivity contribution in [3.05, 3.63) is 29.3 Å². The van der Waals surface area contributed by atoms with E-state index in [1.165, 1.54) is 19.2 Å². The predicted octanol–water partition coefficient (Wildman–Crippen LogP) is 5.23. The highest BCUT2D eigenvalue weighted by Crippen LogP contribution is 2.43. The molecule has 0 amide bonds. The van der Waals surface area contributed by atoms with E-state index in [2.05, 4.69) is 46.3 Å². The lowest BCUT2D eigenvalue weighted by Crippen LogP contribution is -2.50. The van der Waals surface area contributed by atoms with Gasteiger partial charge < -0.3 is 9.16 Å². The van der Waals surface area contributed by atoms with E-state index in [9.17, 15) is 13.6 Å². The summed E-state index contributed by atoms with van der Waals surface area (Å²) in [5, 5.41) is 0. The molecule has 0 aliphatic carbocycles. The number of carbonyl (C=O) groups excluding carboxylic acids is 1. The first-order valence-electron chi connectivity index (χ1n) is 8.29. The van der Waals surface area contributed by atoms with Crippen LogP contribution in [0.3, 0.4) is 0 Å². The molecule has 0 saturated carbocycles. The Hall–Kier alpha value is -1.43. The maximum absolute atomic E-state index is 14.3. The summed E-state index contributed by atoms with van der Waals surface area (Å²) in [5.41, 5.74) is 0.579. The minimum atomic E-state index is -2.30. The molecule has 1 rings (SSSR count). The van der Waals surface area contributed by atoms with E-state index in [4.69, 9.17) is 4.43 Å². The average molecular weight is 359 g/mol. The number of benzene rings is 1. The van der Waals surface area contributed by atoms with Crippen LogP contribution in [0.2, 0.25) is 16.6 Å². The first kappa shape index (κ1) is 20.6. The zero-order valence-corrected chi connectivity index (χ0v) is 16.6. The number of halogens is 2. The molecule has 3 nitrogen and oxygen atoms in total. The topological polar surface area (TPSA) is 35.5 Å². The summed E-state index contributed by atoms with van der Waals surface area (Å²) >= 11 is 0. The minimum absolute atomic E-state index is 0.196. The zero-order chi connectivity index (χ0) is 18.7. The second kappa shape index (κ2) is 8.10. The van der Waals surface area contributed by atoms with Gasteiger partial charge in [-0.05, 0) is 16.6 Å². The Morgan fingerprint density at radius 1 is 1.00 bits per heavy atom. The third-order valence-electron chi connectivity index (χ3n) is 4.67. The third kappa shape index (κ3) is 4.15. The van der Waals surface area contributed by atoms with Gasteiger partial charge in [-0.15, -0.1) is 0 Å². The van der Waals surface area contributed by atoms with Crippen LogP contribution >= 0.6 is 0 Å². The third-order valence-corrected chi connectivity index (χ3v) is 10.7. The molecule has 0 spiro atoms. The van der Waals surface area contributed by atoms with Gasteiger partial charge in [-0.25, -0.2) is 8.78 Å². The van der Waals surface area contributed by atoms with Gasteiger partial charge in [-0.3, -0.25) is 4.79 Å². The van der Waals surface area contributed by atoms with Crippen LogP contribution in [0.5, 0.6) is 5.75 Å². The van der Waals surface area contributed by atoms with E-state index in [0.717, 1.165) is 0 Å². The maximum Gasteiger partial charge on any atom is 0.310 e. The molecule has 1 aromatic rings. The predicted molar refractivity (Wildman–Crippen MR) is 93.8 cm³/mol. The van der Waals surface area contributed by atoms with Crippen LogP contribution in [0.15, 0.2) is 12.1 Å². The highest BCUT2D eigenvalue weighted by molar-refractivity contribution is 6.78. The van der Waals surface area contributed by atoms with Crippen molar-refractivity contribution >= 4 is 14.3 Å². The van der Waals surface area contributed by atoms with Gasteiger partial charge in [-0.2, -0.15) is 0 Å². The van der Waals surface area contributed by atoms with Crippen LogP contribution in [-0.2, 0) is 16.0 Å². The summed E-state index contributed by atoms with van der Waals surface area (Å²) in [6.07, 6.45) is -0.435. The molecule has 6 heteroatoms. The molecule has 0 aromatic heterocycles. The van der Waals surface area contributed by atoms with E-state index in [0.29, 0.717) is 16.6 Å². The molecule has 0 aliphatic heterocycles. The fourth-order valence-corrected chi connectivity index (χ4v) is 8.81. The van der Waals surface area contributed by atoms with Crippen LogP contribution in [0.25, 0.3) is 0 Å². The Morgan fingerprint density at radius 3 is 1.75 bits per heavy atom. The Bertz CT molecular complexity index is 541.